The first-order chi connectivity index (χ1) is 12.1. The number of nitrogens with two attached hydrogens (primary N) is 1. The molecule has 2 amide bonds. The van der Waals surface area contributed by atoms with Crippen LogP contribution in [0.25, 0.3) is 10.9 Å². The van der Waals surface area contributed by atoms with E-state index < -0.39 is 11.8 Å². The van der Waals surface area contributed by atoms with Crippen LogP contribution < -0.4 is 11.1 Å². The molecule has 2 aliphatic rings. The van der Waals surface area contributed by atoms with Gasteiger partial charge in [-0.2, -0.15) is 5.10 Å². The van der Waals surface area contributed by atoms with Crippen molar-refractivity contribution in [3.8, 4) is 0 Å². The fourth-order valence-electron chi connectivity index (χ4n) is 2.74. The van der Waals surface area contributed by atoms with Gasteiger partial charge in [0.05, 0.1) is 29.0 Å². The lowest BCUT2D eigenvalue weighted by Crippen LogP contribution is -2.44. The van der Waals surface area contributed by atoms with Gasteiger partial charge in [-0.05, 0) is 18.8 Å². The number of nitrogens with one attached hydrogen (secondary N) is 2. The summed E-state index contributed by atoms with van der Waals surface area (Å²) in [4.78, 5) is 30.0. The smallest absolute Gasteiger partial charge is 0.314 e. The molecule has 8 heteroatoms. The van der Waals surface area contributed by atoms with Crippen LogP contribution in [0, 0.1) is 5.92 Å². The van der Waals surface area contributed by atoms with E-state index >= 15 is 0 Å². The minimum absolute atomic E-state index is 0.318. The summed E-state index contributed by atoms with van der Waals surface area (Å²) in [5.74, 6) is -0.450. The number of nitrogens with zero attached hydrogens (tertiary/aromatic N) is 3. The second-order valence-electron chi connectivity index (χ2n) is 6.73. The number of piperidine rings is 1. The molecular weight excluding hydrogens is 320 g/mol. The Bertz CT molecular complexity index is 767. The molecule has 134 valence electrons. The van der Waals surface area contributed by atoms with Crippen molar-refractivity contribution >= 4 is 34.2 Å². The maximum atomic E-state index is 12.2. The summed E-state index contributed by atoms with van der Waals surface area (Å²) < 4.78 is 0. The van der Waals surface area contributed by atoms with E-state index in [-0.39, 0.29) is 0 Å². The van der Waals surface area contributed by atoms with Crippen LogP contribution in [0.3, 0.4) is 0 Å². The molecule has 1 saturated heterocycles. The van der Waals surface area contributed by atoms with E-state index in [1.165, 1.54) is 31.7 Å². The standard InChI is InChI=1S/C14H18N6O2.C3H6/c1-8-3-2-4-20(7-8)14(22)13(21)18-10-6-16-12(15)9-5-17-19-11(9)10;1-2-3-1/h5-6,8H,2-4,7H2,1H3,(H2,15,16)(H,17,19)(H,18,21);1-3H2. The Morgan fingerprint density at radius 2 is 2.04 bits per heavy atom. The number of fused-ring (bicyclic) bond motifs is 1. The van der Waals surface area contributed by atoms with Crippen molar-refractivity contribution in [2.75, 3.05) is 24.1 Å². The molecule has 1 atom stereocenters. The predicted molar refractivity (Wildman–Crippen MR) is 95.8 cm³/mol. The lowest BCUT2D eigenvalue weighted by molar-refractivity contribution is -0.144. The molecule has 3 heterocycles. The van der Waals surface area contributed by atoms with Crippen LogP contribution in [0.4, 0.5) is 11.5 Å². The van der Waals surface area contributed by atoms with Gasteiger partial charge in [-0.15, -0.1) is 0 Å². The normalized spacial score (nSPS) is 19.1. The third-order valence-electron chi connectivity index (χ3n) is 4.26. The van der Waals surface area contributed by atoms with Gasteiger partial charge in [0.15, 0.2) is 0 Å². The third kappa shape index (κ3) is 4.26. The number of nitrogen functional groups attached to an aromatic ring is 1. The molecule has 0 radical (unpaired) electrons. The summed E-state index contributed by atoms with van der Waals surface area (Å²) >= 11 is 0. The van der Waals surface area contributed by atoms with Gasteiger partial charge >= 0.3 is 11.8 Å². The Morgan fingerprint density at radius 3 is 2.72 bits per heavy atom. The van der Waals surface area contributed by atoms with Gasteiger partial charge in [0, 0.05) is 13.1 Å². The van der Waals surface area contributed by atoms with Gasteiger partial charge in [-0.25, -0.2) is 4.98 Å². The molecule has 0 aromatic carbocycles. The zero-order valence-corrected chi connectivity index (χ0v) is 14.4. The zero-order chi connectivity index (χ0) is 17.8. The quantitative estimate of drug-likeness (QED) is 0.683. The molecule has 2 aromatic heterocycles. The first-order valence-electron chi connectivity index (χ1n) is 8.74. The molecule has 8 nitrogen and oxygen atoms in total. The van der Waals surface area contributed by atoms with Crippen LogP contribution in [0.2, 0.25) is 0 Å². The number of rotatable bonds is 1. The van der Waals surface area contributed by atoms with Crippen molar-refractivity contribution in [1.29, 1.82) is 0 Å². The fourth-order valence-corrected chi connectivity index (χ4v) is 2.74. The van der Waals surface area contributed by atoms with Crippen molar-refractivity contribution < 1.29 is 9.59 Å². The van der Waals surface area contributed by atoms with Crippen LogP contribution >= 0.6 is 0 Å². The third-order valence-corrected chi connectivity index (χ3v) is 4.26. The van der Waals surface area contributed by atoms with Crippen LogP contribution in [0.15, 0.2) is 12.4 Å². The van der Waals surface area contributed by atoms with Crippen molar-refractivity contribution in [3.05, 3.63) is 12.4 Å². The van der Waals surface area contributed by atoms with Crippen LogP contribution in [-0.4, -0.2) is 45.0 Å². The molecule has 4 N–H and O–H groups in total. The van der Waals surface area contributed by atoms with Crippen LogP contribution in [0.5, 0.6) is 0 Å². The summed E-state index contributed by atoms with van der Waals surface area (Å²) in [6, 6.07) is 0. The molecule has 0 spiro atoms. The predicted octanol–water partition coefficient (Wildman–Crippen LogP) is 1.91. The van der Waals surface area contributed by atoms with E-state index in [9.17, 15) is 9.59 Å². The van der Waals surface area contributed by atoms with Gasteiger partial charge in [0.2, 0.25) is 0 Å². The number of carbonyl (C=O) groups is 2. The SMILES string of the molecule is C1CC1.CC1CCCN(C(=O)C(=O)Nc2cnc(N)c3cn[nH]c23)C1. The highest BCUT2D eigenvalue weighted by molar-refractivity contribution is 6.40. The molecule has 2 aromatic rings. The maximum absolute atomic E-state index is 12.2. The lowest BCUT2D eigenvalue weighted by atomic mass is 10.0. The molecule has 4 rings (SSSR count). The van der Waals surface area contributed by atoms with E-state index in [2.05, 4.69) is 27.4 Å². The lowest BCUT2D eigenvalue weighted by Gasteiger charge is -2.30. The van der Waals surface area contributed by atoms with E-state index in [1.54, 1.807) is 4.90 Å². The molecule has 1 aliphatic carbocycles. The molecular formula is C17H24N6O2. The summed E-state index contributed by atoms with van der Waals surface area (Å²) in [7, 11) is 0. The Hall–Kier alpha value is -2.64. The first kappa shape index (κ1) is 17.2. The van der Waals surface area contributed by atoms with Crippen LogP contribution in [0.1, 0.15) is 39.0 Å². The minimum Gasteiger partial charge on any atom is -0.383 e. The molecule has 0 bridgehead atoms. The number of hydrogen-bond donors (Lipinski definition) is 3. The minimum atomic E-state index is -0.670. The Morgan fingerprint density at radius 1 is 1.28 bits per heavy atom. The monoisotopic (exact) mass is 344 g/mol. The number of anilines is 2. The van der Waals surface area contributed by atoms with Crippen molar-refractivity contribution in [1.82, 2.24) is 20.1 Å². The Labute approximate surface area is 146 Å². The largest absolute Gasteiger partial charge is 0.383 e. The number of aromatic amines is 1. The van der Waals surface area contributed by atoms with E-state index in [1.807, 2.05) is 0 Å². The molecule has 1 unspecified atom stereocenters. The fraction of sp³-hybridized carbons (Fsp3) is 0.529. The van der Waals surface area contributed by atoms with Crippen molar-refractivity contribution in [3.63, 3.8) is 0 Å². The maximum Gasteiger partial charge on any atom is 0.314 e. The second kappa shape index (κ2) is 7.50. The number of carbonyl (C=O) groups excluding carboxylic acids is 2. The van der Waals surface area contributed by atoms with E-state index in [4.69, 9.17) is 5.73 Å². The summed E-state index contributed by atoms with van der Waals surface area (Å²) in [5, 5.41) is 9.83. The summed E-state index contributed by atoms with van der Waals surface area (Å²) in [6.45, 7) is 3.32. The van der Waals surface area contributed by atoms with Gasteiger partial charge < -0.3 is 16.0 Å². The van der Waals surface area contributed by atoms with E-state index in [0.29, 0.717) is 41.4 Å². The number of likely N-dealkylation sites (tertiary alicyclic amines) is 1. The van der Waals surface area contributed by atoms with E-state index in [0.717, 1.165) is 12.8 Å². The van der Waals surface area contributed by atoms with Gasteiger partial charge in [-0.1, -0.05) is 26.2 Å². The number of H-pyrrole nitrogens is 1. The highest BCUT2D eigenvalue weighted by Gasteiger charge is 2.26. The number of pyridine rings is 1. The Kier molecular flexibility index (Phi) is 5.16. The topological polar surface area (TPSA) is 117 Å². The second-order valence-corrected chi connectivity index (χ2v) is 6.73. The van der Waals surface area contributed by atoms with Crippen molar-refractivity contribution in [2.24, 2.45) is 5.92 Å². The molecule has 1 saturated carbocycles. The number of hydrogen-bond acceptors (Lipinski definition) is 5. The summed E-state index contributed by atoms with van der Waals surface area (Å²) in [6.07, 6.45) is 9.46. The van der Waals surface area contributed by atoms with Gasteiger partial charge in [0.1, 0.15) is 5.82 Å². The highest BCUT2D eigenvalue weighted by Crippen LogP contribution is 2.24. The van der Waals surface area contributed by atoms with Crippen LogP contribution in [-0.2, 0) is 9.59 Å². The van der Waals surface area contributed by atoms with Crippen molar-refractivity contribution in [2.45, 2.75) is 39.0 Å². The molecule has 25 heavy (non-hydrogen) atoms. The Balaban J connectivity index is 0.000000549. The summed E-state index contributed by atoms with van der Waals surface area (Å²) in [5.41, 5.74) is 6.68. The highest BCUT2D eigenvalue weighted by atomic mass is 16.2. The average molecular weight is 344 g/mol. The van der Waals surface area contributed by atoms with Gasteiger partial charge in [-0.3, -0.25) is 14.7 Å². The molecule has 1 aliphatic heterocycles. The number of amides is 2. The number of aromatic nitrogens is 3. The first-order valence-corrected chi connectivity index (χ1v) is 8.74. The average Bonchev–Trinajstić information content (AvgIpc) is 3.41. The van der Waals surface area contributed by atoms with Gasteiger partial charge in [0.25, 0.3) is 0 Å². The zero-order valence-electron chi connectivity index (χ0n) is 14.4. The molecule has 2 fully saturated rings.